The van der Waals surface area contributed by atoms with Crippen LogP contribution in [0.5, 0.6) is 5.75 Å². The molecule has 0 aliphatic rings. The zero-order valence-corrected chi connectivity index (χ0v) is 11.1. The van der Waals surface area contributed by atoms with Crippen LogP contribution in [0.2, 0.25) is 0 Å². The minimum absolute atomic E-state index is 0.0428. The number of hydrogen-bond donors (Lipinski definition) is 1. The predicted octanol–water partition coefficient (Wildman–Crippen LogP) is 0.920. The fraction of sp³-hybridized carbons (Fsp3) is 0.500. The van der Waals surface area contributed by atoms with Gasteiger partial charge >= 0.3 is 0 Å². The smallest absolute Gasteiger partial charge is 0.151 e. The number of aryl methyl sites for hydroxylation is 2. The molecular formula is C12H19NO3S. The first-order valence-corrected chi connectivity index (χ1v) is 7.34. The van der Waals surface area contributed by atoms with Crippen LogP contribution in [0.15, 0.2) is 18.2 Å². The van der Waals surface area contributed by atoms with E-state index in [0.717, 1.165) is 16.9 Å². The van der Waals surface area contributed by atoms with Crippen molar-refractivity contribution in [1.29, 1.82) is 0 Å². The molecule has 96 valence electrons. The van der Waals surface area contributed by atoms with Crippen LogP contribution >= 0.6 is 0 Å². The minimum atomic E-state index is -3.05. The molecule has 0 radical (unpaired) electrons. The van der Waals surface area contributed by atoms with Crippen LogP contribution in [0.25, 0.3) is 0 Å². The highest BCUT2D eigenvalue weighted by atomic mass is 32.2. The number of benzene rings is 1. The molecule has 0 unspecified atom stereocenters. The van der Waals surface area contributed by atoms with Crippen molar-refractivity contribution in [2.45, 2.75) is 13.3 Å². The predicted molar refractivity (Wildman–Crippen MR) is 69.1 cm³/mol. The summed E-state index contributed by atoms with van der Waals surface area (Å²) in [6, 6.07) is 5.76. The van der Waals surface area contributed by atoms with Gasteiger partial charge in [0.25, 0.3) is 0 Å². The second-order valence-corrected chi connectivity index (χ2v) is 6.31. The summed E-state index contributed by atoms with van der Waals surface area (Å²) in [5.41, 5.74) is 7.28. The third-order valence-electron chi connectivity index (χ3n) is 2.55. The summed E-state index contributed by atoms with van der Waals surface area (Å²) in [4.78, 5) is 0. The van der Waals surface area contributed by atoms with Crippen LogP contribution in [0.1, 0.15) is 11.1 Å². The second kappa shape index (κ2) is 6.02. The van der Waals surface area contributed by atoms with Crippen molar-refractivity contribution in [3.63, 3.8) is 0 Å². The van der Waals surface area contributed by atoms with Crippen molar-refractivity contribution in [3.8, 4) is 5.75 Å². The molecule has 0 heterocycles. The summed E-state index contributed by atoms with van der Waals surface area (Å²) in [6.45, 7) is 2.14. The number of hydrogen-bond acceptors (Lipinski definition) is 4. The highest BCUT2D eigenvalue weighted by molar-refractivity contribution is 7.91. The zero-order valence-electron chi connectivity index (χ0n) is 10.3. The first-order chi connectivity index (χ1) is 7.98. The lowest BCUT2D eigenvalue weighted by Crippen LogP contribution is -2.19. The second-order valence-electron chi connectivity index (χ2n) is 4.01. The summed E-state index contributed by atoms with van der Waals surface area (Å²) in [7, 11) is -1.46. The summed E-state index contributed by atoms with van der Waals surface area (Å²) < 4.78 is 28.3. The first-order valence-electron chi connectivity index (χ1n) is 5.52. The Labute approximate surface area is 103 Å². The van der Waals surface area contributed by atoms with Gasteiger partial charge < -0.3 is 10.5 Å². The number of sulfone groups is 1. The molecule has 1 aromatic carbocycles. The van der Waals surface area contributed by atoms with Crippen LogP contribution in [-0.4, -0.2) is 33.6 Å². The molecule has 0 saturated carbocycles. The summed E-state index contributed by atoms with van der Waals surface area (Å²) in [5.74, 6) is 0.893. The molecule has 0 amide bonds. The van der Waals surface area contributed by atoms with E-state index in [1.54, 1.807) is 7.11 Å². The van der Waals surface area contributed by atoms with E-state index >= 15 is 0 Å². The molecule has 4 nitrogen and oxygen atoms in total. The summed E-state index contributed by atoms with van der Waals surface area (Å²) in [6.07, 6.45) is 0.465. The summed E-state index contributed by atoms with van der Waals surface area (Å²) >= 11 is 0. The van der Waals surface area contributed by atoms with Gasteiger partial charge in [0.05, 0.1) is 18.6 Å². The van der Waals surface area contributed by atoms with Crippen molar-refractivity contribution in [2.75, 3.05) is 25.2 Å². The molecule has 0 aromatic heterocycles. The number of rotatable bonds is 6. The van der Waals surface area contributed by atoms with Gasteiger partial charge in [-0.15, -0.1) is 0 Å². The fourth-order valence-corrected chi connectivity index (χ4v) is 2.74. The van der Waals surface area contributed by atoms with Crippen LogP contribution in [0, 0.1) is 6.92 Å². The zero-order chi connectivity index (χ0) is 12.9. The molecular weight excluding hydrogens is 238 g/mol. The van der Waals surface area contributed by atoms with Gasteiger partial charge in [0.15, 0.2) is 9.84 Å². The molecule has 17 heavy (non-hydrogen) atoms. The van der Waals surface area contributed by atoms with E-state index in [2.05, 4.69) is 0 Å². The van der Waals surface area contributed by atoms with Crippen molar-refractivity contribution >= 4 is 9.84 Å². The molecule has 0 aliphatic carbocycles. The first kappa shape index (κ1) is 14.0. The number of ether oxygens (including phenoxy) is 1. The quantitative estimate of drug-likeness (QED) is 0.822. The van der Waals surface area contributed by atoms with Crippen LogP contribution in [0.3, 0.4) is 0 Å². The lowest BCUT2D eigenvalue weighted by molar-refractivity contribution is 0.410. The van der Waals surface area contributed by atoms with E-state index in [1.807, 2.05) is 25.1 Å². The molecule has 1 aromatic rings. The fourth-order valence-electron chi connectivity index (χ4n) is 1.65. The van der Waals surface area contributed by atoms with Crippen molar-refractivity contribution in [2.24, 2.45) is 5.73 Å². The van der Waals surface area contributed by atoms with Crippen molar-refractivity contribution < 1.29 is 13.2 Å². The molecule has 0 aliphatic heterocycles. The van der Waals surface area contributed by atoms with Gasteiger partial charge in [-0.05, 0) is 25.0 Å². The van der Waals surface area contributed by atoms with Gasteiger partial charge in [0.1, 0.15) is 5.75 Å². The number of methoxy groups -OCH3 is 1. The maximum atomic E-state index is 11.6. The van der Waals surface area contributed by atoms with E-state index in [9.17, 15) is 8.42 Å². The third-order valence-corrected chi connectivity index (χ3v) is 4.23. The Morgan fingerprint density at radius 1 is 1.29 bits per heavy atom. The highest BCUT2D eigenvalue weighted by Gasteiger charge is 2.12. The van der Waals surface area contributed by atoms with Gasteiger partial charge in [0, 0.05) is 6.54 Å². The Kier molecular flexibility index (Phi) is 4.96. The van der Waals surface area contributed by atoms with Crippen LogP contribution in [-0.2, 0) is 16.3 Å². The largest absolute Gasteiger partial charge is 0.496 e. The Balaban J connectivity index is 2.78. The maximum Gasteiger partial charge on any atom is 0.151 e. The molecule has 0 saturated heterocycles. The average Bonchev–Trinajstić information content (AvgIpc) is 2.27. The SMILES string of the molecule is COc1ccc(C)cc1CCS(=O)(=O)CCN. The Morgan fingerprint density at radius 2 is 2.00 bits per heavy atom. The van der Waals surface area contributed by atoms with E-state index in [-0.39, 0.29) is 18.1 Å². The molecule has 1 rings (SSSR count). The third kappa shape index (κ3) is 4.36. The van der Waals surface area contributed by atoms with Crippen LogP contribution in [0.4, 0.5) is 0 Å². The topological polar surface area (TPSA) is 69.4 Å². The Morgan fingerprint density at radius 3 is 2.59 bits per heavy atom. The molecule has 5 heteroatoms. The Hall–Kier alpha value is -1.07. The van der Waals surface area contributed by atoms with E-state index in [0.29, 0.717) is 6.42 Å². The maximum absolute atomic E-state index is 11.6. The molecule has 0 atom stereocenters. The molecule has 0 bridgehead atoms. The van der Waals surface area contributed by atoms with Gasteiger partial charge in [-0.25, -0.2) is 8.42 Å². The summed E-state index contributed by atoms with van der Waals surface area (Å²) in [5, 5.41) is 0. The normalized spacial score (nSPS) is 11.5. The minimum Gasteiger partial charge on any atom is -0.496 e. The van der Waals surface area contributed by atoms with Gasteiger partial charge in [-0.2, -0.15) is 0 Å². The van der Waals surface area contributed by atoms with Gasteiger partial charge in [0.2, 0.25) is 0 Å². The monoisotopic (exact) mass is 257 g/mol. The average molecular weight is 257 g/mol. The lowest BCUT2D eigenvalue weighted by atomic mass is 10.1. The highest BCUT2D eigenvalue weighted by Crippen LogP contribution is 2.20. The van der Waals surface area contributed by atoms with E-state index < -0.39 is 9.84 Å². The van der Waals surface area contributed by atoms with Crippen LogP contribution < -0.4 is 10.5 Å². The molecule has 2 N–H and O–H groups in total. The Bertz CT molecular complexity index is 469. The van der Waals surface area contributed by atoms with Gasteiger partial charge in [-0.3, -0.25) is 0 Å². The molecule has 0 spiro atoms. The van der Waals surface area contributed by atoms with Gasteiger partial charge in [-0.1, -0.05) is 17.7 Å². The van der Waals surface area contributed by atoms with E-state index in [1.165, 1.54) is 0 Å². The van der Waals surface area contributed by atoms with Crippen molar-refractivity contribution in [3.05, 3.63) is 29.3 Å². The van der Waals surface area contributed by atoms with Crippen molar-refractivity contribution in [1.82, 2.24) is 0 Å². The number of nitrogens with two attached hydrogens (primary N) is 1. The van der Waals surface area contributed by atoms with E-state index in [4.69, 9.17) is 10.5 Å². The lowest BCUT2D eigenvalue weighted by Gasteiger charge is -2.09. The standard InChI is InChI=1S/C12H19NO3S/c1-10-3-4-12(16-2)11(9-10)5-7-17(14,15)8-6-13/h3-4,9H,5-8,13H2,1-2H3. The molecule has 0 fully saturated rings.